The van der Waals surface area contributed by atoms with E-state index in [-0.39, 0.29) is 17.8 Å². The number of aliphatic hydroxyl groups excluding tert-OH is 1. The number of carbonyl (C=O) groups is 1. The lowest BCUT2D eigenvalue weighted by Gasteiger charge is -2.21. The van der Waals surface area contributed by atoms with E-state index in [4.69, 9.17) is 5.73 Å². The predicted octanol–water partition coefficient (Wildman–Crippen LogP) is 2.12. The van der Waals surface area contributed by atoms with Crippen molar-refractivity contribution < 1.29 is 19.2 Å². The highest BCUT2D eigenvalue weighted by Crippen LogP contribution is 2.26. The van der Waals surface area contributed by atoms with Crippen LogP contribution in [0.4, 0.5) is 15.8 Å². The Morgan fingerprint density at radius 2 is 1.96 bits per heavy atom. The minimum atomic E-state index is -1.07. The Balaban J connectivity index is 2.21. The molecule has 1 atom stereocenters. The van der Waals surface area contributed by atoms with Crippen molar-refractivity contribution in [2.24, 2.45) is 0 Å². The van der Waals surface area contributed by atoms with Gasteiger partial charge in [0.1, 0.15) is 11.4 Å². The van der Waals surface area contributed by atoms with Crippen LogP contribution in [-0.2, 0) is 0 Å². The van der Waals surface area contributed by atoms with Gasteiger partial charge in [-0.25, -0.2) is 4.39 Å². The molecule has 2 aromatic carbocycles. The Kier molecular flexibility index (Phi) is 5.10. The van der Waals surface area contributed by atoms with Crippen LogP contribution in [0.5, 0.6) is 0 Å². The summed E-state index contributed by atoms with van der Waals surface area (Å²) in [4.78, 5) is 24.0. The normalized spacial score (nSPS) is 11.8. The van der Waals surface area contributed by atoms with Crippen LogP contribution in [-0.4, -0.2) is 34.4 Å². The van der Waals surface area contributed by atoms with Crippen molar-refractivity contribution in [3.63, 3.8) is 0 Å². The maximum atomic E-state index is 12.9. The van der Waals surface area contributed by atoms with E-state index in [2.05, 4.69) is 0 Å². The van der Waals surface area contributed by atoms with E-state index >= 15 is 0 Å². The third-order valence-electron chi connectivity index (χ3n) is 3.53. The number of aliphatic hydroxyl groups is 1. The summed E-state index contributed by atoms with van der Waals surface area (Å²) in [6, 6.07) is 9.16. The summed E-state index contributed by atoms with van der Waals surface area (Å²) in [5.74, 6) is -1.12. The Bertz CT molecular complexity index is 764. The minimum absolute atomic E-state index is 0.0164. The molecule has 0 aliphatic heterocycles. The van der Waals surface area contributed by atoms with Crippen LogP contribution in [0.15, 0.2) is 42.5 Å². The van der Waals surface area contributed by atoms with Gasteiger partial charge in [-0.15, -0.1) is 0 Å². The fourth-order valence-electron chi connectivity index (χ4n) is 2.27. The van der Waals surface area contributed by atoms with Crippen molar-refractivity contribution in [2.75, 3.05) is 19.3 Å². The molecular formula is C16H16FN3O4. The molecule has 8 heteroatoms. The van der Waals surface area contributed by atoms with Crippen molar-refractivity contribution in [2.45, 2.75) is 6.10 Å². The largest absolute Gasteiger partial charge is 0.398 e. The summed E-state index contributed by atoms with van der Waals surface area (Å²) in [7, 11) is 1.39. The van der Waals surface area contributed by atoms with Gasteiger partial charge < -0.3 is 15.7 Å². The zero-order valence-corrected chi connectivity index (χ0v) is 12.8. The van der Waals surface area contributed by atoms with Gasteiger partial charge in [-0.2, -0.15) is 0 Å². The zero-order valence-electron chi connectivity index (χ0n) is 12.8. The molecule has 0 radical (unpaired) electrons. The summed E-state index contributed by atoms with van der Waals surface area (Å²) in [5.41, 5.74) is 5.48. The van der Waals surface area contributed by atoms with E-state index in [0.29, 0.717) is 5.56 Å². The highest BCUT2D eigenvalue weighted by Gasteiger charge is 2.26. The lowest BCUT2D eigenvalue weighted by Crippen LogP contribution is -2.32. The number of carbonyl (C=O) groups excluding carboxylic acids is 1. The summed E-state index contributed by atoms with van der Waals surface area (Å²) in [5, 5.41) is 21.2. The van der Waals surface area contributed by atoms with Crippen LogP contribution in [0.1, 0.15) is 22.0 Å². The number of likely N-dealkylation sites (N-methyl/N-ethyl adjacent to an activating group) is 1. The molecule has 0 heterocycles. The number of nitrogens with two attached hydrogens (primary N) is 1. The number of hydrogen-bond acceptors (Lipinski definition) is 5. The van der Waals surface area contributed by atoms with Crippen molar-refractivity contribution in [3.8, 4) is 0 Å². The summed E-state index contributed by atoms with van der Waals surface area (Å²) in [6.45, 7) is -0.129. The second-order valence-corrected chi connectivity index (χ2v) is 5.25. The lowest BCUT2D eigenvalue weighted by molar-refractivity contribution is -0.385. The third kappa shape index (κ3) is 3.66. The van der Waals surface area contributed by atoms with Crippen LogP contribution < -0.4 is 5.73 Å². The number of hydrogen-bond donors (Lipinski definition) is 2. The maximum Gasteiger partial charge on any atom is 0.284 e. The fourth-order valence-corrected chi connectivity index (χ4v) is 2.27. The molecule has 0 saturated carbocycles. The van der Waals surface area contributed by atoms with E-state index in [1.807, 2.05) is 0 Å². The van der Waals surface area contributed by atoms with Crippen LogP contribution in [0.25, 0.3) is 0 Å². The van der Waals surface area contributed by atoms with Gasteiger partial charge in [-0.05, 0) is 23.8 Å². The average Bonchev–Trinajstić information content (AvgIpc) is 2.54. The molecule has 0 aliphatic rings. The molecule has 0 saturated heterocycles. The smallest absolute Gasteiger partial charge is 0.284 e. The molecule has 0 aliphatic carbocycles. The summed E-state index contributed by atoms with van der Waals surface area (Å²) >= 11 is 0. The van der Waals surface area contributed by atoms with Crippen molar-refractivity contribution in [3.05, 3.63) is 69.5 Å². The summed E-state index contributed by atoms with van der Waals surface area (Å²) < 4.78 is 12.9. The van der Waals surface area contributed by atoms with E-state index in [0.717, 1.165) is 4.90 Å². The number of nitrogen functional groups attached to an aromatic ring is 1. The molecule has 126 valence electrons. The van der Waals surface area contributed by atoms with E-state index in [1.54, 1.807) is 0 Å². The molecule has 0 unspecified atom stereocenters. The first-order valence-corrected chi connectivity index (χ1v) is 7.03. The minimum Gasteiger partial charge on any atom is -0.398 e. The first kappa shape index (κ1) is 17.4. The second-order valence-electron chi connectivity index (χ2n) is 5.25. The van der Waals surface area contributed by atoms with E-state index in [9.17, 15) is 24.4 Å². The van der Waals surface area contributed by atoms with Gasteiger partial charge >= 0.3 is 0 Å². The summed E-state index contributed by atoms with van der Waals surface area (Å²) in [6.07, 6.45) is -1.07. The number of amides is 1. The van der Waals surface area contributed by atoms with Gasteiger partial charge in [0.2, 0.25) is 0 Å². The third-order valence-corrected chi connectivity index (χ3v) is 3.53. The zero-order chi connectivity index (χ0) is 17.9. The molecule has 1 amide bonds. The van der Waals surface area contributed by atoms with Gasteiger partial charge in [0.05, 0.1) is 23.3 Å². The lowest BCUT2D eigenvalue weighted by atomic mass is 10.1. The first-order valence-electron chi connectivity index (χ1n) is 7.03. The van der Waals surface area contributed by atoms with Gasteiger partial charge in [-0.1, -0.05) is 18.2 Å². The first-order chi connectivity index (χ1) is 11.3. The van der Waals surface area contributed by atoms with Gasteiger partial charge in [0.25, 0.3) is 11.6 Å². The van der Waals surface area contributed by atoms with Gasteiger partial charge in [0, 0.05) is 13.1 Å². The van der Waals surface area contributed by atoms with Crippen LogP contribution in [0.2, 0.25) is 0 Å². The number of nitro benzene ring substituents is 1. The number of anilines is 1. The Labute approximate surface area is 137 Å². The standard InChI is InChI=1S/C16H16FN3O4/c1-19(9-14(21)10-5-7-11(17)8-6-10)16(22)15-12(18)3-2-4-13(15)20(23)24/h2-8,14,21H,9,18H2,1H3/t14-/m0/s1. The van der Waals surface area contributed by atoms with Gasteiger partial charge in [0.15, 0.2) is 0 Å². The van der Waals surface area contributed by atoms with Crippen molar-refractivity contribution in [1.82, 2.24) is 4.90 Å². The van der Waals surface area contributed by atoms with Crippen LogP contribution >= 0.6 is 0 Å². The average molecular weight is 333 g/mol. The number of rotatable bonds is 5. The van der Waals surface area contributed by atoms with Gasteiger partial charge in [-0.3, -0.25) is 14.9 Å². The molecule has 2 rings (SSSR count). The molecule has 0 aromatic heterocycles. The molecule has 3 N–H and O–H groups in total. The van der Waals surface area contributed by atoms with E-state index < -0.39 is 28.4 Å². The highest BCUT2D eigenvalue weighted by atomic mass is 19.1. The highest BCUT2D eigenvalue weighted by molar-refractivity contribution is 6.02. The topological polar surface area (TPSA) is 110 Å². The van der Waals surface area contributed by atoms with E-state index in [1.165, 1.54) is 49.5 Å². The fraction of sp³-hybridized carbons (Fsp3) is 0.188. The number of benzene rings is 2. The monoisotopic (exact) mass is 333 g/mol. The predicted molar refractivity (Wildman–Crippen MR) is 85.8 cm³/mol. The molecule has 0 fully saturated rings. The molecule has 7 nitrogen and oxygen atoms in total. The van der Waals surface area contributed by atoms with Crippen LogP contribution in [0, 0.1) is 15.9 Å². The molecule has 0 bridgehead atoms. The molecular weight excluding hydrogens is 317 g/mol. The van der Waals surface area contributed by atoms with Crippen molar-refractivity contribution >= 4 is 17.3 Å². The SMILES string of the molecule is CN(C[C@H](O)c1ccc(F)cc1)C(=O)c1c(N)cccc1[N+](=O)[O-]. The molecule has 24 heavy (non-hydrogen) atoms. The Morgan fingerprint density at radius 3 is 2.54 bits per heavy atom. The second kappa shape index (κ2) is 7.05. The molecule has 0 spiro atoms. The molecule has 2 aromatic rings. The van der Waals surface area contributed by atoms with Crippen molar-refractivity contribution in [1.29, 1.82) is 0 Å². The Hall–Kier alpha value is -3.00. The number of nitro groups is 1. The van der Waals surface area contributed by atoms with Crippen LogP contribution in [0.3, 0.4) is 0 Å². The number of halogens is 1. The quantitative estimate of drug-likeness (QED) is 0.495. The maximum absolute atomic E-state index is 12.9. The number of nitrogens with zero attached hydrogens (tertiary/aromatic N) is 2. The Morgan fingerprint density at radius 1 is 1.33 bits per heavy atom.